The molecule has 0 unspecified atom stereocenters. The quantitative estimate of drug-likeness (QED) is 0.839. The zero-order chi connectivity index (χ0) is 13.9. The number of carboxylic acid groups (broad SMARTS) is 1. The molecule has 1 heterocycles. The van der Waals surface area contributed by atoms with Gasteiger partial charge in [0, 0.05) is 19.5 Å². The smallest absolute Gasteiger partial charge is 0.309 e. The van der Waals surface area contributed by atoms with Gasteiger partial charge in [-0.25, -0.2) is 0 Å². The first kappa shape index (κ1) is 15.0. The fraction of sp³-hybridized carbons (Fsp3) is 0.857. The zero-order valence-electron chi connectivity index (χ0n) is 11.9. The lowest BCUT2D eigenvalue weighted by Crippen LogP contribution is -2.42. The van der Waals surface area contributed by atoms with Gasteiger partial charge in [0.2, 0.25) is 5.91 Å². The first-order chi connectivity index (χ1) is 8.24. The molecule has 0 aromatic heterocycles. The van der Waals surface area contributed by atoms with E-state index in [0.717, 1.165) is 25.9 Å². The van der Waals surface area contributed by atoms with Crippen LogP contribution in [0.25, 0.3) is 0 Å². The normalized spacial score (nSPS) is 18.2. The number of piperidine rings is 1. The van der Waals surface area contributed by atoms with E-state index in [0.29, 0.717) is 11.8 Å². The number of likely N-dealkylation sites (tertiary alicyclic amines) is 1. The van der Waals surface area contributed by atoms with Gasteiger partial charge < -0.3 is 10.0 Å². The largest absolute Gasteiger partial charge is 0.481 e. The topological polar surface area (TPSA) is 57.6 Å². The average Bonchev–Trinajstić information content (AvgIpc) is 2.28. The molecule has 18 heavy (non-hydrogen) atoms. The minimum Gasteiger partial charge on any atom is -0.481 e. The van der Waals surface area contributed by atoms with Gasteiger partial charge in [0.05, 0.1) is 5.41 Å². The van der Waals surface area contributed by atoms with Crippen LogP contribution in [-0.4, -0.2) is 35.0 Å². The Balaban J connectivity index is 2.48. The van der Waals surface area contributed by atoms with Crippen molar-refractivity contribution in [2.45, 2.75) is 47.0 Å². The molecule has 0 atom stereocenters. The van der Waals surface area contributed by atoms with Crippen LogP contribution >= 0.6 is 0 Å². The first-order valence-electron chi connectivity index (χ1n) is 6.75. The Bertz CT molecular complexity index is 315. The van der Waals surface area contributed by atoms with Crippen molar-refractivity contribution in [3.8, 4) is 0 Å². The van der Waals surface area contributed by atoms with Crippen molar-refractivity contribution >= 4 is 11.9 Å². The monoisotopic (exact) mass is 255 g/mol. The molecule has 1 N–H and O–H groups in total. The molecule has 0 aromatic rings. The predicted octanol–water partition coefficient (Wildman–Crippen LogP) is 2.38. The molecule has 1 amide bonds. The summed E-state index contributed by atoms with van der Waals surface area (Å²) >= 11 is 0. The SMILES string of the molecule is CC(C)C1CCN(C(=O)CC(C)(C)C(=O)O)CC1. The number of carbonyl (C=O) groups is 2. The van der Waals surface area contributed by atoms with Crippen LogP contribution in [0.3, 0.4) is 0 Å². The standard InChI is InChI=1S/C14H25NO3/c1-10(2)11-5-7-15(8-6-11)12(16)9-14(3,4)13(17)18/h10-11H,5-9H2,1-4H3,(H,17,18). The number of aliphatic carboxylic acids is 1. The first-order valence-corrected chi connectivity index (χ1v) is 6.75. The summed E-state index contributed by atoms with van der Waals surface area (Å²) in [4.78, 5) is 24.9. The summed E-state index contributed by atoms with van der Waals surface area (Å²) in [7, 11) is 0. The Morgan fingerprint density at radius 3 is 2.17 bits per heavy atom. The Hall–Kier alpha value is -1.06. The third kappa shape index (κ3) is 3.72. The lowest BCUT2D eigenvalue weighted by Gasteiger charge is -2.35. The van der Waals surface area contributed by atoms with E-state index in [1.807, 2.05) is 4.90 Å². The molecule has 104 valence electrons. The Labute approximate surface area is 109 Å². The van der Waals surface area contributed by atoms with Crippen LogP contribution in [0.15, 0.2) is 0 Å². The van der Waals surface area contributed by atoms with Crippen LogP contribution in [-0.2, 0) is 9.59 Å². The van der Waals surface area contributed by atoms with Gasteiger partial charge in [-0.1, -0.05) is 13.8 Å². The lowest BCUT2D eigenvalue weighted by atomic mass is 9.85. The highest BCUT2D eigenvalue weighted by atomic mass is 16.4. The van der Waals surface area contributed by atoms with E-state index in [1.165, 1.54) is 0 Å². The highest BCUT2D eigenvalue weighted by molar-refractivity contribution is 5.84. The molecule has 4 nitrogen and oxygen atoms in total. The minimum absolute atomic E-state index is 0.0235. The molecule has 0 spiro atoms. The van der Waals surface area contributed by atoms with Crippen molar-refractivity contribution in [3.63, 3.8) is 0 Å². The zero-order valence-corrected chi connectivity index (χ0v) is 11.9. The lowest BCUT2D eigenvalue weighted by molar-refractivity contribution is -0.151. The number of carbonyl (C=O) groups excluding carboxylic acids is 1. The molecule has 0 saturated carbocycles. The van der Waals surface area contributed by atoms with Crippen LogP contribution in [0, 0.1) is 17.3 Å². The van der Waals surface area contributed by atoms with Crippen LogP contribution in [0.5, 0.6) is 0 Å². The number of hydrogen-bond donors (Lipinski definition) is 1. The van der Waals surface area contributed by atoms with Crippen molar-refractivity contribution in [2.24, 2.45) is 17.3 Å². The average molecular weight is 255 g/mol. The van der Waals surface area contributed by atoms with Gasteiger partial charge in [-0.05, 0) is 38.5 Å². The molecule has 0 aromatic carbocycles. The number of carboxylic acids is 1. The number of amides is 1. The maximum atomic E-state index is 12.1. The molecule has 1 rings (SSSR count). The van der Waals surface area contributed by atoms with Gasteiger partial charge in [-0.15, -0.1) is 0 Å². The van der Waals surface area contributed by atoms with Gasteiger partial charge in [-0.2, -0.15) is 0 Å². The third-order valence-electron chi connectivity index (χ3n) is 4.01. The van der Waals surface area contributed by atoms with E-state index in [4.69, 9.17) is 5.11 Å². The predicted molar refractivity (Wildman–Crippen MR) is 70.2 cm³/mol. The van der Waals surface area contributed by atoms with E-state index < -0.39 is 11.4 Å². The van der Waals surface area contributed by atoms with Gasteiger partial charge in [-0.3, -0.25) is 9.59 Å². The van der Waals surface area contributed by atoms with Crippen molar-refractivity contribution in [1.82, 2.24) is 4.90 Å². The molecule has 1 fully saturated rings. The molecule has 1 aliphatic rings. The second-order valence-corrected chi connectivity index (χ2v) is 6.33. The fourth-order valence-electron chi connectivity index (χ4n) is 2.38. The van der Waals surface area contributed by atoms with Crippen molar-refractivity contribution < 1.29 is 14.7 Å². The van der Waals surface area contributed by atoms with Gasteiger partial charge in [0.15, 0.2) is 0 Å². The minimum atomic E-state index is -0.966. The van der Waals surface area contributed by atoms with Crippen LogP contribution in [0.1, 0.15) is 47.0 Å². The van der Waals surface area contributed by atoms with Crippen LogP contribution < -0.4 is 0 Å². The summed E-state index contributed by atoms with van der Waals surface area (Å²) in [6.07, 6.45) is 2.17. The highest BCUT2D eigenvalue weighted by Gasteiger charge is 2.33. The molecule has 1 saturated heterocycles. The van der Waals surface area contributed by atoms with E-state index >= 15 is 0 Å². The molecule has 4 heteroatoms. The van der Waals surface area contributed by atoms with Crippen molar-refractivity contribution in [1.29, 1.82) is 0 Å². The summed E-state index contributed by atoms with van der Waals surface area (Å²) in [6.45, 7) is 9.20. The van der Waals surface area contributed by atoms with E-state index in [9.17, 15) is 9.59 Å². The van der Waals surface area contributed by atoms with E-state index in [1.54, 1.807) is 13.8 Å². The molecule has 0 aliphatic carbocycles. The van der Waals surface area contributed by atoms with Crippen molar-refractivity contribution in [2.75, 3.05) is 13.1 Å². The second-order valence-electron chi connectivity index (χ2n) is 6.33. The molecule has 0 radical (unpaired) electrons. The molecular weight excluding hydrogens is 230 g/mol. The van der Waals surface area contributed by atoms with Gasteiger partial charge >= 0.3 is 5.97 Å². The van der Waals surface area contributed by atoms with Crippen LogP contribution in [0.4, 0.5) is 0 Å². The van der Waals surface area contributed by atoms with Gasteiger partial charge in [0.1, 0.15) is 0 Å². The van der Waals surface area contributed by atoms with E-state index in [-0.39, 0.29) is 12.3 Å². The fourth-order valence-corrected chi connectivity index (χ4v) is 2.38. The second kappa shape index (κ2) is 5.72. The number of nitrogens with zero attached hydrogens (tertiary/aromatic N) is 1. The number of rotatable bonds is 4. The molecular formula is C14H25NO3. The van der Waals surface area contributed by atoms with Gasteiger partial charge in [0.25, 0.3) is 0 Å². The highest BCUT2D eigenvalue weighted by Crippen LogP contribution is 2.27. The maximum Gasteiger partial charge on any atom is 0.309 e. The summed E-state index contributed by atoms with van der Waals surface area (Å²) < 4.78 is 0. The Kier molecular flexibility index (Phi) is 4.77. The van der Waals surface area contributed by atoms with E-state index in [2.05, 4.69) is 13.8 Å². The Morgan fingerprint density at radius 2 is 1.78 bits per heavy atom. The number of hydrogen-bond acceptors (Lipinski definition) is 2. The molecule has 0 bridgehead atoms. The summed E-state index contributed by atoms with van der Waals surface area (Å²) in [6, 6.07) is 0. The van der Waals surface area contributed by atoms with Crippen LogP contribution in [0.2, 0.25) is 0 Å². The molecule has 1 aliphatic heterocycles. The summed E-state index contributed by atoms with van der Waals surface area (Å²) in [5, 5.41) is 9.03. The summed E-state index contributed by atoms with van der Waals surface area (Å²) in [5.41, 5.74) is -0.966. The maximum absolute atomic E-state index is 12.1. The Morgan fingerprint density at radius 1 is 1.28 bits per heavy atom. The summed E-state index contributed by atoms with van der Waals surface area (Å²) in [5.74, 6) is 0.428. The van der Waals surface area contributed by atoms with Crippen molar-refractivity contribution in [3.05, 3.63) is 0 Å². The third-order valence-corrected chi connectivity index (χ3v) is 4.01.